The number of ketones is 1. The van der Waals surface area contributed by atoms with Gasteiger partial charge in [-0.25, -0.2) is 0 Å². The highest BCUT2D eigenvalue weighted by Crippen LogP contribution is 2.29. The molecule has 1 aliphatic heterocycles. The smallest absolute Gasteiger partial charge is 0.278 e. The number of amides is 3. The molecule has 1 fully saturated rings. The number of rotatable bonds is 9. The predicted molar refractivity (Wildman–Crippen MR) is 112 cm³/mol. The zero-order valence-corrected chi connectivity index (χ0v) is 17.3. The van der Waals surface area contributed by atoms with Crippen molar-refractivity contribution in [1.29, 1.82) is 0 Å². The second kappa shape index (κ2) is 9.58. The van der Waals surface area contributed by atoms with E-state index in [0.29, 0.717) is 23.7 Å². The molecular weight excluding hydrogens is 418 g/mol. The normalized spacial score (nSPS) is 20.6. The van der Waals surface area contributed by atoms with Crippen molar-refractivity contribution in [3.63, 3.8) is 0 Å². The largest absolute Gasteiger partial charge is 0.469 e. The van der Waals surface area contributed by atoms with Crippen LogP contribution in [-0.2, 0) is 19.1 Å². The molecule has 1 heterocycles. The van der Waals surface area contributed by atoms with Crippen molar-refractivity contribution in [2.75, 3.05) is 13.2 Å². The van der Waals surface area contributed by atoms with Gasteiger partial charge in [0.15, 0.2) is 0 Å². The molecule has 2 atom stereocenters. The Hall–Kier alpha value is -3.76. The number of carbonyl (C=O) groups excluding carboxylic acids is 4. The number of benzene rings is 2. The van der Waals surface area contributed by atoms with Gasteiger partial charge >= 0.3 is 0 Å². The van der Waals surface area contributed by atoms with E-state index in [0.717, 1.165) is 0 Å². The zero-order chi connectivity index (χ0) is 23.3. The van der Waals surface area contributed by atoms with Crippen LogP contribution in [0.2, 0.25) is 0 Å². The molecule has 0 spiro atoms. The summed E-state index contributed by atoms with van der Waals surface area (Å²) in [6.45, 7) is 2.20. The van der Waals surface area contributed by atoms with Gasteiger partial charge in [-0.2, -0.15) is 0 Å². The second-order valence-corrected chi connectivity index (χ2v) is 7.00. The lowest BCUT2D eigenvalue weighted by molar-refractivity contribution is -0.159. The molecule has 2 aromatic carbocycles. The molecule has 1 aliphatic rings. The highest BCUT2D eigenvalue weighted by Gasteiger charge is 2.56. The predicted octanol–water partition coefficient (Wildman–Crippen LogP) is 0.675. The molecule has 2 aromatic rings. The lowest BCUT2D eigenvalue weighted by atomic mass is 9.85. The quantitative estimate of drug-likeness (QED) is 0.291. The Bertz CT molecular complexity index is 1020. The third-order valence-electron chi connectivity index (χ3n) is 4.86. The maximum absolute atomic E-state index is 12.8. The van der Waals surface area contributed by atoms with Crippen molar-refractivity contribution in [2.45, 2.75) is 25.0 Å². The highest BCUT2D eigenvalue weighted by atomic mass is 16.5. The van der Waals surface area contributed by atoms with Crippen molar-refractivity contribution in [3.05, 3.63) is 54.1 Å². The van der Waals surface area contributed by atoms with Crippen molar-refractivity contribution in [1.82, 2.24) is 5.32 Å². The minimum absolute atomic E-state index is 0.0546. The van der Waals surface area contributed by atoms with Crippen LogP contribution in [-0.4, -0.2) is 48.4 Å². The van der Waals surface area contributed by atoms with Gasteiger partial charge in [-0.1, -0.05) is 0 Å². The number of carbonyl (C=O) groups is 4. The number of hydrogen-bond acceptors (Lipinski definition) is 8. The van der Waals surface area contributed by atoms with E-state index in [2.05, 4.69) is 5.32 Å². The van der Waals surface area contributed by atoms with Gasteiger partial charge in [0.05, 0.1) is 6.61 Å². The Balaban J connectivity index is 1.78. The van der Waals surface area contributed by atoms with Crippen LogP contribution in [0.15, 0.2) is 48.5 Å². The number of piperidine rings is 1. The van der Waals surface area contributed by atoms with Gasteiger partial charge in [0.25, 0.3) is 11.8 Å². The molecule has 0 saturated carbocycles. The van der Waals surface area contributed by atoms with E-state index in [-0.39, 0.29) is 18.8 Å². The summed E-state index contributed by atoms with van der Waals surface area (Å²) < 4.78 is 16.8. The fourth-order valence-corrected chi connectivity index (χ4v) is 3.12. The highest BCUT2D eigenvalue weighted by molar-refractivity contribution is 6.27. The van der Waals surface area contributed by atoms with Crippen LogP contribution >= 0.6 is 0 Å². The Morgan fingerprint density at radius 2 is 1.56 bits per heavy atom. The number of Topliss-reactive ketones (excluding diaryl/α,β-unsaturated/α-hetero) is 1. The first kappa shape index (κ1) is 22.9. The zero-order valence-electron chi connectivity index (χ0n) is 17.3. The molecule has 3 rings (SSSR count). The molecule has 10 nitrogen and oxygen atoms in total. The lowest BCUT2D eigenvalue weighted by Crippen LogP contribution is -2.70. The third kappa shape index (κ3) is 4.76. The number of nitrogens with one attached hydrogen (secondary N) is 1. The molecule has 1 saturated heterocycles. The van der Waals surface area contributed by atoms with Crippen LogP contribution in [0.4, 0.5) is 0 Å². The molecule has 5 N–H and O–H groups in total. The van der Waals surface area contributed by atoms with E-state index in [1.807, 2.05) is 0 Å². The van der Waals surface area contributed by atoms with Crippen LogP contribution < -0.4 is 26.3 Å². The molecule has 0 radical (unpaired) electrons. The van der Waals surface area contributed by atoms with E-state index in [1.54, 1.807) is 31.2 Å². The summed E-state index contributed by atoms with van der Waals surface area (Å²) in [4.78, 5) is 48.3. The Kier molecular flexibility index (Phi) is 6.86. The van der Waals surface area contributed by atoms with Crippen LogP contribution in [0, 0.1) is 0 Å². The van der Waals surface area contributed by atoms with Gasteiger partial charge in [0.2, 0.25) is 17.3 Å². The SMILES string of the molecule is CCOCCC1(Oc2ccc(Oc3ccc(C(N)=O)cc3)cc2)C(=O)NC(=O)C(N)C1=O. The molecule has 0 bridgehead atoms. The minimum atomic E-state index is -1.99. The van der Waals surface area contributed by atoms with E-state index < -0.39 is 35.1 Å². The topological polar surface area (TPSA) is 160 Å². The van der Waals surface area contributed by atoms with Gasteiger partial charge in [0.1, 0.15) is 23.3 Å². The molecule has 32 heavy (non-hydrogen) atoms. The minimum Gasteiger partial charge on any atom is -0.469 e. The molecule has 0 aromatic heterocycles. The maximum Gasteiger partial charge on any atom is 0.278 e. The molecule has 10 heteroatoms. The molecule has 3 amide bonds. The van der Waals surface area contributed by atoms with Crippen LogP contribution in [0.5, 0.6) is 17.2 Å². The summed E-state index contributed by atoms with van der Waals surface area (Å²) in [6.07, 6.45) is -0.114. The van der Waals surface area contributed by atoms with E-state index >= 15 is 0 Å². The average Bonchev–Trinajstić information content (AvgIpc) is 2.78. The first-order valence-corrected chi connectivity index (χ1v) is 9.86. The standard InChI is InChI=1S/C22H23N3O7/c1-2-30-12-11-22(18(26)17(23)20(28)25-21(22)29)32-16-9-7-15(8-10-16)31-14-5-3-13(4-6-14)19(24)27/h3-10,17H,2,11-12,23H2,1H3,(H2,24,27)(H,25,28,29). The Morgan fingerprint density at radius 3 is 2.12 bits per heavy atom. The van der Waals surface area contributed by atoms with Gasteiger partial charge in [-0.3, -0.25) is 24.5 Å². The van der Waals surface area contributed by atoms with Gasteiger partial charge < -0.3 is 25.7 Å². The Morgan fingerprint density at radius 1 is 1.00 bits per heavy atom. The number of imide groups is 1. The Labute approximate surface area is 183 Å². The van der Waals surface area contributed by atoms with E-state index in [1.165, 1.54) is 24.3 Å². The van der Waals surface area contributed by atoms with Gasteiger partial charge in [-0.05, 0) is 55.5 Å². The number of hydrogen-bond donors (Lipinski definition) is 3. The summed E-state index contributed by atoms with van der Waals surface area (Å²) >= 11 is 0. The summed E-state index contributed by atoms with van der Waals surface area (Å²) in [7, 11) is 0. The molecule has 0 aliphatic carbocycles. The third-order valence-corrected chi connectivity index (χ3v) is 4.86. The molecule has 168 valence electrons. The number of nitrogens with two attached hydrogens (primary N) is 2. The van der Waals surface area contributed by atoms with Gasteiger partial charge in [-0.15, -0.1) is 0 Å². The monoisotopic (exact) mass is 441 g/mol. The van der Waals surface area contributed by atoms with Crippen molar-refractivity contribution in [2.24, 2.45) is 11.5 Å². The summed E-state index contributed by atoms with van der Waals surface area (Å²) in [5, 5.41) is 2.09. The number of primary amides is 1. The van der Waals surface area contributed by atoms with Crippen LogP contribution in [0.25, 0.3) is 0 Å². The average molecular weight is 441 g/mol. The number of ether oxygens (including phenoxy) is 3. The van der Waals surface area contributed by atoms with E-state index in [9.17, 15) is 19.2 Å². The first-order valence-electron chi connectivity index (χ1n) is 9.86. The molecule has 2 unspecified atom stereocenters. The van der Waals surface area contributed by atoms with Gasteiger partial charge in [0, 0.05) is 18.6 Å². The van der Waals surface area contributed by atoms with E-state index in [4.69, 9.17) is 25.7 Å². The first-order chi connectivity index (χ1) is 15.3. The fourth-order valence-electron chi connectivity index (χ4n) is 3.12. The summed E-state index contributed by atoms with van der Waals surface area (Å²) in [6, 6.07) is 10.9. The second-order valence-electron chi connectivity index (χ2n) is 7.00. The van der Waals surface area contributed by atoms with Crippen molar-refractivity contribution in [3.8, 4) is 17.2 Å². The van der Waals surface area contributed by atoms with Crippen molar-refractivity contribution >= 4 is 23.5 Å². The van der Waals surface area contributed by atoms with Crippen LogP contribution in [0.1, 0.15) is 23.7 Å². The summed E-state index contributed by atoms with van der Waals surface area (Å²) in [5.41, 5.74) is 9.25. The maximum atomic E-state index is 12.8. The lowest BCUT2D eigenvalue weighted by Gasteiger charge is -2.36. The summed E-state index contributed by atoms with van der Waals surface area (Å²) in [5.74, 6) is -2.02. The van der Waals surface area contributed by atoms with Crippen LogP contribution in [0.3, 0.4) is 0 Å². The fraction of sp³-hybridized carbons (Fsp3) is 0.273. The van der Waals surface area contributed by atoms with Crippen molar-refractivity contribution < 1.29 is 33.4 Å². The molecular formula is C22H23N3O7.